The topological polar surface area (TPSA) is 88.0 Å². The molecule has 8 heteroatoms. The number of nitrogens with one attached hydrogen (secondary N) is 1. The molecular weight excluding hydrogens is 497 g/mol. The van der Waals surface area contributed by atoms with Gasteiger partial charge in [0.15, 0.2) is 0 Å². The Balaban J connectivity index is 1.55. The molecule has 0 aromatic heterocycles. The van der Waals surface area contributed by atoms with Gasteiger partial charge in [-0.15, -0.1) is 0 Å². The number of carboxylic acid groups (broad SMARTS) is 1. The Hall–Kier alpha value is -2.97. The number of hydrogen-bond donors (Lipinski definition) is 3. The number of β-amino-alcohol motifs (C(OH)–C–C–N with tert-alkyl or cyclic N) is 1. The molecule has 2 atom stereocenters. The Morgan fingerprint density at radius 1 is 1.11 bits per heavy atom. The minimum atomic E-state index is -1.07. The first-order valence-electron chi connectivity index (χ1n) is 12.0. The molecule has 0 aliphatic heterocycles. The zero-order valence-corrected chi connectivity index (χ0v) is 22.2. The molecule has 0 saturated carbocycles. The lowest BCUT2D eigenvalue weighted by atomic mass is 9.94. The maximum Gasteiger partial charge on any atom is 0.335 e. The van der Waals surface area contributed by atoms with E-state index >= 15 is 0 Å². The smallest absolute Gasteiger partial charge is 0.335 e. The second-order valence-electron chi connectivity index (χ2n) is 9.74. The summed E-state index contributed by atoms with van der Waals surface area (Å²) < 4.78 is 25.8. The fourth-order valence-electron chi connectivity index (χ4n) is 3.86. The Kier molecular flexibility index (Phi) is 9.68. The van der Waals surface area contributed by atoms with Crippen LogP contribution < -0.4 is 10.1 Å². The molecule has 1 unspecified atom stereocenters. The van der Waals surface area contributed by atoms with Crippen LogP contribution in [0, 0.1) is 12.7 Å². The highest BCUT2D eigenvalue weighted by Gasteiger charge is 2.21. The van der Waals surface area contributed by atoms with Crippen molar-refractivity contribution in [2.75, 3.05) is 13.2 Å². The third-order valence-corrected chi connectivity index (χ3v) is 6.29. The molecule has 0 aliphatic carbocycles. The van der Waals surface area contributed by atoms with Gasteiger partial charge in [-0.2, -0.15) is 0 Å². The maximum atomic E-state index is 13.9. The molecular formula is C29H33ClFNO5. The molecule has 0 fully saturated rings. The number of rotatable bonds is 12. The molecule has 198 valence electrons. The number of aliphatic hydroxyl groups is 1. The van der Waals surface area contributed by atoms with Crippen molar-refractivity contribution in [3.05, 3.63) is 93.8 Å². The summed E-state index contributed by atoms with van der Waals surface area (Å²) in [7, 11) is 0. The maximum absolute atomic E-state index is 13.9. The van der Waals surface area contributed by atoms with Crippen LogP contribution in [0.15, 0.2) is 60.7 Å². The highest BCUT2D eigenvalue weighted by molar-refractivity contribution is 6.32. The lowest BCUT2D eigenvalue weighted by Crippen LogP contribution is -2.46. The molecule has 3 aromatic rings. The van der Waals surface area contributed by atoms with E-state index in [-0.39, 0.29) is 28.5 Å². The highest BCUT2D eigenvalue weighted by Crippen LogP contribution is 2.35. The van der Waals surface area contributed by atoms with Crippen LogP contribution in [0.5, 0.6) is 11.5 Å². The summed E-state index contributed by atoms with van der Waals surface area (Å²) in [6.07, 6.45) is -0.552. The number of aromatic carboxylic acids is 1. The molecule has 0 saturated heterocycles. The van der Waals surface area contributed by atoms with Crippen LogP contribution in [-0.2, 0) is 11.2 Å². The minimum absolute atomic E-state index is 0.0686. The third kappa shape index (κ3) is 8.27. The molecule has 0 bridgehead atoms. The van der Waals surface area contributed by atoms with Gasteiger partial charge < -0.3 is 25.0 Å². The first-order chi connectivity index (χ1) is 17.4. The number of aliphatic hydroxyl groups excluding tert-OH is 1. The van der Waals surface area contributed by atoms with Gasteiger partial charge in [0.25, 0.3) is 0 Å². The molecule has 3 aromatic carbocycles. The lowest BCUT2D eigenvalue weighted by Gasteiger charge is -2.28. The molecule has 6 nitrogen and oxygen atoms in total. The minimum Gasteiger partial charge on any atom is -0.478 e. The normalized spacial score (nSPS) is 13.3. The second kappa shape index (κ2) is 12.5. The Labute approximate surface area is 222 Å². The van der Waals surface area contributed by atoms with Crippen LogP contribution in [0.2, 0.25) is 5.02 Å². The van der Waals surface area contributed by atoms with Gasteiger partial charge in [-0.25, -0.2) is 9.18 Å². The summed E-state index contributed by atoms with van der Waals surface area (Å²) >= 11 is 6.22. The molecule has 0 aliphatic rings. The number of benzene rings is 3. The van der Waals surface area contributed by atoms with Gasteiger partial charge in [0, 0.05) is 17.6 Å². The van der Waals surface area contributed by atoms with E-state index < -0.39 is 18.2 Å². The standard InChI is InChI=1S/C29H33ClFNO5/c1-18-9-10-20(13-25(18)31)15-29(3,4)32-16-22(33)17-36-19(2)23-7-5-6-8-26(23)37-27-12-11-21(28(34)35)14-24(27)30/h5-14,19,22,32-33H,15-17H2,1-4H3,(H,34,35)/t19?,22-/m0/s1. The number of aryl methyl sites for hydroxylation is 1. The first kappa shape index (κ1) is 28.6. The van der Waals surface area contributed by atoms with Crippen molar-refractivity contribution < 1.29 is 28.9 Å². The van der Waals surface area contributed by atoms with Crippen molar-refractivity contribution in [2.45, 2.75) is 51.9 Å². The molecule has 3 rings (SSSR count). The SMILES string of the molecule is Cc1ccc(CC(C)(C)NC[C@H](O)COC(C)c2ccccc2Oc2ccc(C(=O)O)cc2Cl)cc1F. The van der Waals surface area contributed by atoms with Crippen molar-refractivity contribution in [1.29, 1.82) is 0 Å². The van der Waals surface area contributed by atoms with Crippen LogP contribution in [0.4, 0.5) is 4.39 Å². The van der Waals surface area contributed by atoms with Crippen LogP contribution in [-0.4, -0.2) is 41.0 Å². The van der Waals surface area contributed by atoms with Crippen molar-refractivity contribution in [3.63, 3.8) is 0 Å². The van der Waals surface area contributed by atoms with Crippen LogP contribution in [0.3, 0.4) is 0 Å². The van der Waals surface area contributed by atoms with Crippen molar-refractivity contribution in [1.82, 2.24) is 5.32 Å². The molecule has 0 amide bonds. The Morgan fingerprint density at radius 3 is 2.51 bits per heavy atom. The van der Waals surface area contributed by atoms with E-state index in [9.17, 15) is 14.3 Å². The van der Waals surface area contributed by atoms with Gasteiger partial charge in [-0.05, 0) is 75.6 Å². The quantitative estimate of drug-likeness (QED) is 0.254. The summed E-state index contributed by atoms with van der Waals surface area (Å²) in [5.74, 6) is -0.457. The van der Waals surface area contributed by atoms with Gasteiger partial charge in [-0.1, -0.05) is 41.9 Å². The molecule has 3 N–H and O–H groups in total. The van der Waals surface area contributed by atoms with Gasteiger partial charge in [0.1, 0.15) is 17.3 Å². The molecule has 37 heavy (non-hydrogen) atoms. The number of hydrogen-bond acceptors (Lipinski definition) is 5. The number of para-hydroxylation sites is 1. The Morgan fingerprint density at radius 2 is 1.84 bits per heavy atom. The number of carboxylic acids is 1. The van der Waals surface area contributed by atoms with E-state index in [0.717, 1.165) is 11.1 Å². The van der Waals surface area contributed by atoms with E-state index in [1.165, 1.54) is 18.2 Å². The van der Waals surface area contributed by atoms with E-state index in [1.54, 1.807) is 25.1 Å². The molecule has 0 radical (unpaired) electrons. The second-order valence-corrected chi connectivity index (χ2v) is 10.2. The fraction of sp³-hybridized carbons (Fsp3) is 0.345. The van der Waals surface area contributed by atoms with Crippen molar-refractivity contribution in [3.8, 4) is 11.5 Å². The fourth-order valence-corrected chi connectivity index (χ4v) is 4.08. The summed E-state index contributed by atoms with van der Waals surface area (Å²) in [5.41, 5.74) is 1.96. The monoisotopic (exact) mass is 529 g/mol. The summed E-state index contributed by atoms with van der Waals surface area (Å²) in [5, 5.41) is 23.2. The van der Waals surface area contributed by atoms with E-state index in [1.807, 2.05) is 45.0 Å². The van der Waals surface area contributed by atoms with E-state index in [4.69, 9.17) is 26.2 Å². The van der Waals surface area contributed by atoms with E-state index in [0.29, 0.717) is 30.0 Å². The van der Waals surface area contributed by atoms with Crippen LogP contribution in [0.1, 0.15) is 53.9 Å². The molecule has 0 heterocycles. The van der Waals surface area contributed by atoms with Gasteiger partial charge in [0.2, 0.25) is 0 Å². The number of halogens is 2. The predicted molar refractivity (Wildman–Crippen MR) is 142 cm³/mol. The number of ether oxygens (including phenoxy) is 2. The van der Waals surface area contributed by atoms with Gasteiger partial charge >= 0.3 is 5.97 Å². The zero-order valence-electron chi connectivity index (χ0n) is 21.4. The average Bonchev–Trinajstić information content (AvgIpc) is 2.85. The highest BCUT2D eigenvalue weighted by atomic mass is 35.5. The van der Waals surface area contributed by atoms with E-state index in [2.05, 4.69) is 5.32 Å². The third-order valence-electron chi connectivity index (χ3n) is 5.99. The summed E-state index contributed by atoms with van der Waals surface area (Å²) in [4.78, 5) is 11.1. The zero-order chi connectivity index (χ0) is 27.2. The number of carbonyl (C=O) groups is 1. The van der Waals surface area contributed by atoms with Crippen molar-refractivity contribution >= 4 is 17.6 Å². The van der Waals surface area contributed by atoms with Crippen molar-refractivity contribution in [2.24, 2.45) is 0 Å². The predicted octanol–water partition coefficient (Wildman–Crippen LogP) is 6.33. The largest absolute Gasteiger partial charge is 0.478 e. The molecule has 0 spiro atoms. The lowest BCUT2D eigenvalue weighted by molar-refractivity contribution is -0.00481. The first-order valence-corrected chi connectivity index (χ1v) is 12.4. The summed E-state index contributed by atoms with van der Waals surface area (Å²) in [6.45, 7) is 7.99. The van der Waals surface area contributed by atoms with Crippen LogP contribution in [0.25, 0.3) is 0 Å². The van der Waals surface area contributed by atoms with Gasteiger partial charge in [-0.3, -0.25) is 0 Å². The summed E-state index contributed by atoms with van der Waals surface area (Å²) in [6, 6.07) is 16.8. The van der Waals surface area contributed by atoms with Gasteiger partial charge in [0.05, 0.1) is 29.4 Å². The Bertz CT molecular complexity index is 1230. The average molecular weight is 530 g/mol. The van der Waals surface area contributed by atoms with Crippen LogP contribution >= 0.6 is 11.6 Å².